The normalized spacial score (nSPS) is 14.5. The maximum absolute atomic E-state index is 3.22. The van der Waals surface area contributed by atoms with Crippen LogP contribution in [-0.4, -0.2) is 0 Å². The molecule has 0 aliphatic heterocycles. The first-order valence-electron chi connectivity index (χ1n) is 4.63. The molecule has 1 rings (SSSR count). The molecule has 1 aromatic rings. The van der Waals surface area contributed by atoms with E-state index in [0.717, 1.165) is 0 Å². The molecule has 0 spiro atoms. The van der Waals surface area contributed by atoms with Crippen molar-refractivity contribution in [2.75, 3.05) is 0 Å². The van der Waals surface area contributed by atoms with Crippen LogP contribution in [0.25, 0.3) is 0 Å². The SMILES string of the molecule is CC#CC(C)C(C)c1sccc1C. The summed E-state index contributed by atoms with van der Waals surface area (Å²) in [6, 6.07) is 2.18. The van der Waals surface area contributed by atoms with Gasteiger partial charge in [-0.05, 0) is 30.9 Å². The molecule has 0 aliphatic carbocycles. The van der Waals surface area contributed by atoms with Gasteiger partial charge in [0.25, 0.3) is 0 Å². The van der Waals surface area contributed by atoms with Gasteiger partial charge >= 0.3 is 0 Å². The molecule has 0 saturated carbocycles. The predicted octanol–water partition coefficient (Wildman–Crippen LogP) is 3.82. The lowest BCUT2D eigenvalue weighted by Gasteiger charge is -2.13. The van der Waals surface area contributed by atoms with Gasteiger partial charge in [0.05, 0.1) is 0 Å². The molecule has 0 amide bonds. The van der Waals surface area contributed by atoms with Crippen molar-refractivity contribution >= 4 is 11.3 Å². The Morgan fingerprint density at radius 2 is 2.08 bits per heavy atom. The Balaban J connectivity index is 2.82. The molecule has 1 aromatic heterocycles. The van der Waals surface area contributed by atoms with Gasteiger partial charge < -0.3 is 0 Å². The Morgan fingerprint density at radius 3 is 2.54 bits per heavy atom. The van der Waals surface area contributed by atoms with Crippen molar-refractivity contribution < 1.29 is 0 Å². The minimum Gasteiger partial charge on any atom is -0.148 e. The third kappa shape index (κ3) is 2.35. The van der Waals surface area contributed by atoms with Crippen molar-refractivity contribution in [2.24, 2.45) is 5.92 Å². The second kappa shape index (κ2) is 4.48. The van der Waals surface area contributed by atoms with E-state index in [1.807, 2.05) is 18.3 Å². The van der Waals surface area contributed by atoms with Gasteiger partial charge in [-0.2, -0.15) is 0 Å². The highest BCUT2D eigenvalue weighted by Gasteiger charge is 2.14. The molecular weight excluding hydrogens is 176 g/mol. The van der Waals surface area contributed by atoms with Gasteiger partial charge in [-0.1, -0.05) is 19.8 Å². The fraction of sp³-hybridized carbons (Fsp3) is 0.500. The van der Waals surface area contributed by atoms with Gasteiger partial charge in [-0.25, -0.2) is 0 Å². The predicted molar refractivity (Wildman–Crippen MR) is 60.1 cm³/mol. The number of hydrogen-bond donors (Lipinski definition) is 0. The fourth-order valence-electron chi connectivity index (χ4n) is 1.43. The number of rotatable bonds is 2. The topological polar surface area (TPSA) is 0 Å². The number of thiophene rings is 1. The molecule has 0 aromatic carbocycles. The van der Waals surface area contributed by atoms with E-state index in [4.69, 9.17) is 0 Å². The van der Waals surface area contributed by atoms with Crippen LogP contribution >= 0.6 is 11.3 Å². The fourth-order valence-corrected chi connectivity index (χ4v) is 2.52. The van der Waals surface area contributed by atoms with E-state index in [0.29, 0.717) is 11.8 Å². The van der Waals surface area contributed by atoms with Gasteiger partial charge in [0.1, 0.15) is 0 Å². The zero-order valence-corrected chi connectivity index (χ0v) is 9.53. The van der Waals surface area contributed by atoms with Crippen molar-refractivity contribution in [3.05, 3.63) is 21.9 Å². The Hall–Kier alpha value is -0.740. The smallest absolute Gasteiger partial charge is 0.0248 e. The maximum atomic E-state index is 3.22. The first kappa shape index (κ1) is 10.3. The molecule has 0 bridgehead atoms. The molecule has 2 unspecified atom stereocenters. The first-order chi connectivity index (χ1) is 6.16. The zero-order chi connectivity index (χ0) is 9.84. The zero-order valence-electron chi connectivity index (χ0n) is 8.72. The van der Waals surface area contributed by atoms with E-state index in [1.165, 1.54) is 10.4 Å². The van der Waals surface area contributed by atoms with Crippen molar-refractivity contribution in [1.29, 1.82) is 0 Å². The molecule has 0 N–H and O–H groups in total. The van der Waals surface area contributed by atoms with Gasteiger partial charge in [-0.15, -0.1) is 17.3 Å². The van der Waals surface area contributed by atoms with Crippen LogP contribution in [0.15, 0.2) is 11.4 Å². The highest BCUT2D eigenvalue weighted by atomic mass is 32.1. The van der Waals surface area contributed by atoms with Crippen LogP contribution in [-0.2, 0) is 0 Å². The molecule has 0 aliphatic rings. The highest BCUT2D eigenvalue weighted by molar-refractivity contribution is 7.10. The van der Waals surface area contributed by atoms with Crippen LogP contribution < -0.4 is 0 Å². The quantitative estimate of drug-likeness (QED) is 0.625. The largest absolute Gasteiger partial charge is 0.148 e. The Bertz CT molecular complexity index is 324. The van der Waals surface area contributed by atoms with Crippen LogP contribution in [0.4, 0.5) is 0 Å². The molecule has 0 nitrogen and oxygen atoms in total. The lowest BCUT2D eigenvalue weighted by molar-refractivity contribution is 0.617. The average molecular weight is 192 g/mol. The highest BCUT2D eigenvalue weighted by Crippen LogP contribution is 2.30. The van der Waals surface area contributed by atoms with Crippen molar-refractivity contribution in [1.82, 2.24) is 0 Å². The number of aryl methyl sites for hydroxylation is 1. The third-order valence-corrected chi connectivity index (χ3v) is 3.66. The van der Waals surface area contributed by atoms with Crippen molar-refractivity contribution in [3.8, 4) is 11.8 Å². The summed E-state index contributed by atoms with van der Waals surface area (Å²) in [5.74, 6) is 7.22. The summed E-state index contributed by atoms with van der Waals surface area (Å²) in [4.78, 5) is 1.48. The summed E-state index contributed by atoms with van der Waals surface area (Å²) < 4.78 is 0. The van der Waals surface area contributed by atoms with Crippen molar-refractivity contribution in [3.63, 3.8) is 0 Å². The molecule has 0 saturated heterocycles. The molecule has 1 heterocycles. The van der Waals surface area contributed by atoms with E-state index in [9.17, 15) is 0 Å². The summed E-state index contributed by atoms with van der Waals surface area (Å²) in [7, 11) is 0. The van der Waals surface area contributed by atoms with Crippen LogP contribution in [0.3, 0.4) is 0 Å². The lowest BCUT2D eigenvalue weighted by Crippen LogP contribution is -2.03. The Morgan fingerprint density at radius 1 is 1.38 bits per heavy atom. The van der Waals surface area contributed by atoms with Gasteiger partial charge in [0.2, 0.25) is 0 Å². The summed E-state index contributed by atoms with van der Waals surface area (Å²) >= 11 is 1.84. The van der Waals surface area contributed by atoms with Crippen LogP contribution in [0.1, 0.15) is 37.1 Å². The van der Waals surface area contributed by atoms with E-state index in [1.54, 1.807) is 0 Å². The standard InChI is InChI=1S/C12H16S/c1-5-6-9(2)11(4)12-10(3)7-8-13-12/h7-9,11H,1-4H3. The molecular formula is C12H16S. The monoisotopic (exact) mass is 192 g/mol. The molecule has 13 heavy (non-hydrogen) atoms. The minimum absolute atomic E-state index is 0.461. The first-order valence-corrected chi connectivity index (χ1v) is 5.51. The van der Waals surface area contributed by atoms with Crippen LogP contribution in [0.2, 0.25) is 0 Å². The molecule has 1 heteroatoms. The molecule has 0 fully saturated rings. The van der Waals surface area contributed by atoms with Crippen LogP contribution in [0, 0.1) is 24.7 Å². The molecule has 70 valence electrons. The van der Waals surface area contributed by atoms with E-state index in [2.05, 4.69) is 44.1 Å². The van der Waals surface area contributed by atoms with Gasteiger partial charge in [0, 0.05) is 16.7 Å². The molecule has 2 atom stereocenters. The van der Waals surface area contributed by atoms with Gasteiger partial charge in [0.15, 0.2) is 0 Å². The van der Waals surface area contributed by atoms with Gasteiger partial charge in [-0.3, -0.25) is 0 Å². The maximum Gasteiger partial charge on any atom is 0.0248 e. The molecule has 0 radical (unpaired) electrons. The van der Waals surface area contributed by atoms with E-state index >= 15 is 0 Å². The summed E-state index contributed by atoms with van der Waals surface area (Å²) in [6.07, 6.45) is 0. The summed E-state index contributed by atoms with van der Waals surface area (Å²) in [5.41, 5.74) is 1.40. The van der Waals surface area contributed by atoms with E-state index < -0.39 is 0 Å². The second-order valence-electron chi connectivity index (χ2n) is 3.44. The lowest BCUT2D eigenvalue weighted by atomic mass is 9.93. The third-order valence-electron chi connectivity index (χ3n) is 2.44. The van der Waals surface area contributed by atoms with Crippen LogP contribution in [0.5, 0.6) is 0 Å². The van der Waals surface area contributed by atoms with Crippen molar-refractivity contribution in [2.45, 2.75) is 33.6 Å². The minimum atomic E-state index is 0.461. The Kier molecular flexibility index (Phi) is 3.57. The average Bonchev–Trinajstić information content (AvgIpc) is 2.50. The Labute approximate surface area is 85.0 Å². The number of hydrogen-bond acceptors (Lipinski definition) is 1. The second-order valence-corrected chi connectivity index (χ2v) is 4.39. The van der Waals surface area contributed by atoms with E-state index in [-0.39, 0.29) is 0 Å². The summed E-state index contributed by atoms with van der Waals surface area (Å²) in [5, 5.41) is 2.16. The summed E-state index contributed by atoms with van der Waals surface area (Å²) in [6.45, 7) is 8.53.